The standard InChI is InChI=1S/2C11H15NO3.3C10H13NO3.2C9H11NO3/c1-2-15-10(11(13)14)7-8-3-5-9(12)6-4-8;1-2-15-10(11(13)14)7-8-4-3-5-9(12)6-8;1-14-9(10(12)13)6-7-2-4-8(11)5-3-7;1-2-14-9(10(12)13)7-3-5-8(11)6-4-7;1-2-14-9(10(12)13)7-4-3-5-8(11)6-7;1-13-8(9(11)12)6-2-4-7(10)5-3-6;10-7-3-1-2-6(4-7)5-8(11)9(12)13/h2*3-6,10H,2,7,12H2,1H3,(H,13,14);2-5,9H,6,11H2,1H3,(H,12,13);2*3-6,9H,2,11H2,1H3,(H,12,13);2-5,8H,10H2,1H3,(H,11,12);1-4,8,11H,5,10H2,(H,12,13). The number of methoxy groups -OCH3 is 2. The Morgan fingerprint density at radius 1 is 0.306 bits per heavy atom. The Kier molecular flexibility index (Phi) is 40.9. The highest BCUT2D eigenvalue weighted by atomic mass is 16.5. The lowest BCUT2D eigenvalue weighted by Gasteiger charge is -2.12. The van der Waals surface area contributed by atoms with E-state index in [-0.39, 0.29) is 6.42 Å². The molecule has 98 heavy (non-hydrogen) atoms. The highest BCUT2D eigenvalue weighted by Crippen LogP contribution is 2.22. The molecule has 0 aromatic heterocycles. The summed E-state index contributed by atoms with van der Waals surface area (Å²) in [6, 6.07) is 48.0. The summed E-state index contributed by atoms with van der Waals surface area (Å²) in [5.41, 5.74) is 48.0. The predicted molar refractivity (Wildman–Crippen MR) is 370 cm³/mol. The Morgan fingerprint density at radius 3 is 0.918 bits per heavy atom. The van der Waals surface area contributed by atoms with Crippen LogP contribution in [0.1, 0.15) is 85.0 Å². The van der Waals surface area contributed by atoms with E-state index in [1.807, 2.05) is 18.2 Å². The maximum Gasteiger partial charge on any atom is 0.337 e. The fourth-order valence-corrected chi connectivity index (χ4v) is 8.21. The van der Waals surface area contributed by atoms with Crippen LogP contribution in [-0.4, -0.2) is 148 Å². The van der Waals surface area contributed by atoms with E-state index in [0.717, 1.165) is 22.3 Å². The molecule has 7 aromatic rings. The first kappa shape index (κ1) is 85.2. The van der Waals surface area contributed by atoms with Crippen molar-refractivity contribution in [3.8, 4) is 0 Å². The SMILES string of the molecule is CCOC(C(=O)O)c1ccc(N)cc1.CCOC(C(=O)O)c1cccc(N)c1.CCOC(Cc1ccc(N)cc1)C(=O)O.CCOC(Cc1cccc(N)c1)C(=O)O.COC(C(=O)O)c1ccc(N)cc1.COC(Cc1ccc(N)cc1)C(=O)O.Nc1cccc(CC(O)C(=O)O)c1. The number of nitrogens with two attached hydrogens (primary N) is 7. The van der Waals surface area contributed by atoms with Crippen molar-refractivity contribution in [2.75, 3.05) is 80.8 Å². The normalized spacial score (nSPS) is 12.4. The van der Waals surface area contributed by atoms with Gasteiger partial charge in [0.05, 0.1) is 0 Å². The van der Waals surface area contributed by atoms with Gasteiger partial charge in [-0.25, -0.2) is 33.6 Å². The third kappa shape index (κ3) is 35.1. The maximum atomic E-state index is 10.8. The van der Waals surface area contributed by atoms with E-state index >= 15 is 0 Å². The lowest BCUT2D eigenvalue weighted by molar-refractivity contribution is -0.151. The Balaban J connectivity index is 0.000000572. The molecular weight excluding hydrogens is 1270 g/mol. The molecule has 7 unspecified atom stereocenters. The first-order chi connectivity index (χ1) is 46.4. The van der Waals surface area contributed by atoms with E-state index in [4.69, 9.17) is 109 Å². The molecule has 0 heterocycles. The van der Waals surface area contributed by atoms with Gasteiger partial charge in [-0.2, -0.15) is 0 Å². The maximum absolute atomic E-state index is 10.8. The lowest BCUT2D eigenvalue weighted by Crippen LogP contribution is -2.26. The Labute approximate surface area is 568 Å². The number of nitrogen functional groups attached to an aromatic ring is 7. The number of hydrogen-bond acceptors (Lipinski definition) is 21. The van der Waals surface area contributed by atoms with Gasteiger partial charge in [0.2, 0.25) is 0 Å². The highest BCUT2D eigenvalue weighted by Gasteiger charge is 2.23. The van der Waals surface area contributed by atoms with Crippen LogP contribution in [0.5, 0.6) is 0 Å². The average molecular weight is 1370 g/mol. The predicted octanol–water partition coefficient (Wildman–Crippen LogP) is 7.67. The third-order valence-corrected chi connectivity index (χ3v) is 13.0. The summed E-state index contributed by atoms with van der Waals surface area (Å²) in [7, 11) is 2.74. The summed E-state index contributed by atoms with van der Waals surface area (Å²) in [6.07, 6.45) is -5.33. The van der Waals surface area contributed by atoms with Gasteiger partial charge in [-0.15, -0.1) is 0 Å². The van der Waals surface area contributed by atoms with Gasteiger partial charge in [0.25, 0.3) is 0 Å². The van der Waals surface area contributed by atoms with E-state index in [9.17, 15) is 33.6 Å². The summed E-state index contributed by atoms with van der Waals surface area (Å²) in [6.45, 7) is 8.56. The van der Waals surface area contributed by atoms with Crippen LogP contribution in [0.4, 0.5) is 39.8 Å². The molecule has 0 fully saturated rings. The molecule has 0 saturated carbocycles. The number of aliphatic carboxylic acids is 7. The van der Waals surface area contributed by atoms with Crippen LogP contribution in [0.3, 0.4) is 0 Å². The molecule has 0 amide bonds. The first-order valence-electron chi connectivity index (χ1n) is 30.2. The van der Waals surface area contributed by atoms with Crippen LogP contribution in [0, 0.1) is 0 Å². The number of hydrogen-bond donors (Lipinski definition) is 15. The largest absolute Gasteiger partial charge is 0.479 e. The molecule has 0 bridgehead atoms. The molecule has 7 rings (SSSR count). The van der Waals surface area contributed by atoms with Gasteiger partial charge < -0.3 is 109 Å². The molecule has 0 aliphatic carbocycles. The number of ether oxygens (including phenoxy) is 6. The van der Waals surface area contributed by atoms with Crippen LogP contribution in [0.15, 0.2) is 170 Å². The van der Waals surface area contributed by atoms with Crippen LogP contribution >= 0.6 is 0 Å². The van der Waals surface area contributed by atoms with E-state index in [1.54, 1.807) is 179 Å². The second kappa shape index (κ2) is 47.1. The van der Waals surface area contributed by atoms with E-state index in [2.05, 4.69) is 0 Å². The number of aliphatic hydroxyl groups is 1. The molecule has 22 N–H and O–H groups in total. The molecular formula is C70H91N7O21. The number of anilines is 7. The van der Waals surface area contributed by atoms with Crippen molar-refractivity contribution in [3.63, 3.8) is 0 Å². The molecule has 0 aliphatic heterocycles. The minimum atomic E-state index is -1.36. The minimum Gasteiger partial charge on any atom is -0.479 e. The zero-order chi connectivity index (χ0) is 73.9. The smallest absolute Gasteiger partial charge is 0.337 e. The number of rotatable bonds is 28. The van der Waals surface area contributed by atoms with Crippen molar-refractivity contribution in [2.24, 2.45) is 0 Å². The van der Waals surface area contributed by atoms with Crippen LogP contribution < -0.4 is 40.1 Å². The van der Waals surface area contributed by atoms with Crippen molar-refractivity contribution < 1.29 is 103 Å². The molecule has 532 valence electrons. The van der Waals surface area contributed by atoms with Gasteiger partial charge in [-0.3, -0.25) is 0 Å². The Morgan fingerprint density at radius 2 is 0.612 bits per heavy atom. The van der Waals surface area contributed by atoms with Crippen molar-refractivity contribution in [3.05, 3.63) is 209 Å². The van der Waals surface area contributed by atoms with Gasteiger partial charge in [-0.1, -0.05) is 84.9 Å². The third-order valence-electron chi connectivity index (χ3n) is 13.0. The van der Waals surface area contributed by atoms with E-state index < -0.39 is 84.5 Å². The fourth-order valence-electron chi connectivity index (χ4n) is 8.21. The Hall–Kier alpha value is -10.9. The molecule has 0 saturated heterocycles. The second-order valence-corrected chi connectivity index (χ2v) is 20.6. The van der Waals surface area contributed by atoms with Crippen molar-refractivity contribution in [1.29, 1.82) is 0 Å². The number of carboxylic acid groups (broad SMARTS) is 7. The summed E-state index contributed by atoms with van der Waals surface area (Å²) in [5.74, 6) is -7.05. The molecule has 28 nitrogen and oxygen atoms in total. The molecule has 28 heteroatoms. The van der Waals surface area contributed by atoms with Gasteiger partial charge in [0.15, 0.2) is 42.7 Å². The van der Waals surface area contributed by atoms with E-state index in [0.29, 0.717) is 102 Å². The number of carboxylic acids is 7. The zero-order valence-electron chi connectivity index (χ0n) is 55.3. The molecule has 7 atom stereocenters. The Bertz CT molecular complexity index is 3490. The van der Waals surface area contributed by atoms with Crippen LogP contribution in [0.2, 0.25) is 0 Å². The molecule has 7 aromatic carbocycles. The quantitative estimate of drug-likeness (QED) is 0.0209. The fraction of sp³-hybridized carbons (Fsp3) is 0.300. The number of aliphatic hydroxyl groups excluding tert-OH is 1. The molecule has 0 spiro atoms. The van der Waals surface area contributed by atoms with Gasteiger partial charge in [0.1, 0.15) is 0 Å². The summed E-state index contributed by atoms with van der Waals surface area (Å²) < 4.78 is 30.0. The summed E-state index contributed by atoms with van der Waals surface area (Å²) in [4.78, 5) is 74.9. The highest BCUT2D eigenvalue weighted by molar-refractivity contribution is 5.77. The monoisotopic (exact) mass is 1370 g/mol. The van der Waals surface area contributed by atoms with Crippen LogP contribution in [-0.2, 0) is 87.7 Å². The summed E-state index contributed by atoms with van der Waals surface area (Å²) >= 11 is 0. The summed E-state index contributed by atoms with van der Waals surface area (Å²) in [5, 5.41) is 70.4. The van der Waals surface area contributed by atoms with Gasteiger partial charge >= 0.3 is 41.8 Å². The number of benzene rings is 7. The first-order valence-corrected chi connectivity index (χ1v) is 30.2. The van der Waals surface area contributed by atoms with Crippen LogP contribution in [0.25, 0.3) is 0 Å². The lowest BCUT2D eigenvalue weighted by atomic mass is 10.1. The zero-order valence-corrected chi connectivity index (χ0v) is 55.3. The van der Waals surface area contributed by atoms with Gasteiger partial charge in [-0.05, 0) is 152 Å². The van der Waals surface area contributed by atoms with E-state index in [1.165, 1.54) is 14.2 Å². The van der Waals surface area contributed by atoms with Gasteiger partial charge in [0, 0.05) is 106 Å². The van der Waals surface area contributed by atoms with Crippen molar-refractivity contribution in [2.45, 2.75) is 96.1 Å². The van der Waals surface area contributed by atoms with Crippen molar-refractivity contribution >= 4 is 81.6 Å². The number of carbonyl (C=O) groups is 7. The minimum absolute atomic E-state index is 0.0837. The topological polar surface area (TPSA) is 519 Å². The molecule has 0 radical (unpaired) electrons. The van der Waals surface area contributed by atoms with Crippen molar-refractivity contribution in [1.82, 2.24) is 0 Å². The average Bonchev–Trinajstić information content (AvgIpc) is 0.957. The molecule has 0 aliphatic rings. The second-order valence-electron chi connectivity index (χ2n) is 20.6.